The molecule has 0 aliphatic carbocycles. The van der Waals surface area contributed by atoms with Gasteiger partial charge in [0.2, 0.25) is 0 Å². The van der Waals surface area contributed by atoms with Crippen LogP contribution in [0.1, 0.15) is 26.4 Å². The summed E-state index contributed by atoms with van der Waals surface area (Å²) in [7, 11) is 0. The van der Waals surface area contributed by atoms with E-state index >= 15 is 0 Å². The molecule has 0 unspecified atom stereocenters. The number of carboxylic acid groups (broad SMARTS) is 1. The molecular formula is C14H10N2O3. The second-order valence-corrected chi connectivity index (χ2v) is 4.25. The molecule has 0 spiro atoms. The topological polar surface area (TPSA) is 79.3 Å². The molecule has 5 heteroatoms. The third-order valence-corrected chi connectivity index (χ3v) is 3.12. The largest absolute Gasteiger partial charge is 0.478 e. The third kappa shape index (κ3) is 1.85. The number of nitrogens with zero attached hydrogens (tertiary/aromatic N) is 1. The van der Waals surface area contributed by atoms with Crippen molar-refractivity contribution in [2.24, 2.45) is 0 Å². The van der Waals surface area contributed by atoms with E-state index in [2.05, 4.69) is 10.3 Å². The number of amides is 1. The molecule has 1 amide bonds. The molecule has 0 fully saturated rings. The fourth-order valence-corrected chi connectivity index (χ4v) is 2.21. The molecule has 1 aromatic heterocycles. The van der Waals surface area contributed by atoms with Gasteiger partial charge in [0, 0.05) is 18.3 Å². The van der Waals surface area contributed by atoms with Gasteiger partial charge in [-0.05, 0) is 29.3 Å². The van der Waals surface area contributed by atoms with Crippen LogP contribution >= 0.6 is 0 Å². The van der Waals surface area contributed by atoms with Gasteiger partial charge in [0.05, 0.1) is 5.56 Å². The van der Waals surface area contributed by atoms with Crippen LogP contribution in [0.4, 0.5) is 0 Å². The number of carboxylic acids is 1. The van der Waals surface area contributed by atoms with Crippen LogP contribution in [0.15, 0.2) is 36.5 Å². The van der Waals surface area contributed by atoms with E-state index in [1.54, 1.807) is 24.4 Å². The second-order valence-electron chi connectivity index (χ2n) is 4.25. The Morgan fingerprint density at radius 1 is 1.32 bits per heavy atom. The van der Waals surface area contributed by atoms with Gasteiger partial charge >= 0.3 is 5.97 Å². The standard InChI is InChI=1S/C14H10N2O3/c17-13-12-11(7-16-13)10(4-5-15-12)8-2-1-3-9(6-8)14(18)19/h1-6H,7H2,(H,16,17)(H,18,19). The first-order chi connectivity index (χ1) is 9.16. The number of nitrogens with one attached hydrogen (secondary N) is 1. The Balaban J connectivity index is 2.16. The molecular weight excluding hydrogens is 244 g/mol. The van der Waals surface area contributed by atoms with Crippen molar-refractivity contribution in [1.29, 1.82) is 0 Å². The van der Waals surface area contributed by atoms with Gasteiger partial charge in [0.15, 0.2) is 0 Å². The number of carbonyl (C=O) groups is 2. The number of aromatic nitrogens is 1. The predicted octanol–water partition coefficient (Wildman–Crippen LogP) is 1.69. The lowest BCUT2D eigenvalue weighted by Crippen LogP contribution is -2.13. The summed E-state index contributed by atoms with van der Waals surface area (Å²) in [5, 5.41) is 11.7. The number of benzene rings is 1. The molecule has 0 saturated heterocycles. The predicted molar refractivity (Wildman–Crippen MR) is 67.8 cm³/mol. The van der Waals surface area contributed by atoms with Crippen molar-refractivity contribution in [3.63, 3.8) is 0 Å². The number of hydrogen-bond donors (Lipinski definition) is 2. The maximum Gasteiger partial charge on any atom is 0.335 e. The first-order valence-corrected chi connectivity index (χ1v) is 5.76. The Morgan fingerprint density at radius 2 is 2.16 bits per heavy atom. The highest BCUT2D eigenvalue weighted by Gasteiger charge is 2.23. The third-order valence-electron chi connectivity index (χ3n) is 3.12. The highest BCUT2D eigenvalue weighted by Crippen LogP contribution is 2.28. The molecule has 1 aliphatic heterocycles. The Labute approximate surface area is 108 Å². The quantitative estimate of drug-likeness (QED) is 0.854. The van der Waals surface area contributed by atoms with E-state index in [-0.39, 0.29) is 11.5 Å². The van der Waals surface area contributed by atoms with E-state index in [4.69, 9.17) is 5.11 Å². The summed E-state index contributed by atoms with van der Waals surface area (Å²) in [6.45, 7) is 0.425. The minimum atomic E-state index is -0.971. The monoisotopic (exact) mass is 254 g/mol. The number of carbonyl (C=O) groups excluding carboxylic acids is 1. The molecule has 0 saturated carbocycles. The van der Waals surface area contributed by atoms with Crippen molar-refractivity contribution in [1.82, 2.24) is 10.3 Å². The number of fused-ring (bicyclic) bond motifs is 1. The normalized spacial score (nSPS) is 12.9. The van der Waals surface area contributed by atoms with Crippen LogP contribution in [-0.4, -0.2) is 22.0 Å². The molecule has 0 radical (unpaired) electrons. The van der Waals surface area contributed by atoms with E-state index in [9.17, 15) is 9.59 Å². The first kappa shape index (κ1) is 11.4. The summed E-state index contributed by atoms with van der Waals surface area (Å²) >= 11 is 0. The van der Waals surface area contributed by atoms with Gasteiger partial charge in [-0.25, -0.2) is 4.79 Å². The molecule has 1 aliphatic rings. The zero-order valence-electron chi connectivity index (χ0n) is 9.88. The van der Waals surface area contributed by atoms with Gasteiger partial charge in [0.25, 0.3) is 5.91 Å². The number of rotatable bonds is 2. The van der Waals surface area contributed by atoms with Gasteiger partial charge < -0.3 is 10.4 Å². The van der Waals surface area contributed by atoms with Crippen LogP contribution < -0.4 is 5.32 Å². The summed E-state index contributed by atoms with van der Waals surface area (Å²) < 4.78 is 0. The fraction of sp³-hybridized carbons (Fsp3) is 0.0714. The maximum absolute atomic E-state index is 11.6. The van der Waals surface area contributed by atoms with Gasteiger partial charge in [-0.15, -0.1) is 0 Å². The van der Waals surface area contributed by atoms with Crippen molar-refractivity contribution < 1.29 is 14.7 Å². The molecule has 2 N–H and O–H groups in total. The van der Waals surface area contributed by atoms with Crippen molar-refractivity contribution >= 4 is 11.9 Å². The molecule has 2 heterocycles. The summed E-state index contributed by atoms with van der Waals surface area (Å²) in [5.41, 5.74) is 3.06. The zero-order valence-corrected chi connectivity index (χ0v) is 9.88. The second kappa shape index (κ2) is 4.20. The SMILES string of the molecule is O=C(O)c1cccc(-c2ccnc3c2CNC3=O)c1. The lowest BCUT2D eigenvalue weighted by atomic mass is 9.98. The number of hydrogen-bond acceptors (Lipinski definition) is 3. The molecule has 0 bridgehead atoms. The smallest absolute Gasteiger partial charge is 0.335 e. The molecule has 1 aromatic carbocycles. The Bertz CT molecular complexity index is 695. The van der Waals surface area contributed by atoms with Gasteiger partial charge in [-0.3, -0.25) is 9.78 Å². The molecule has 2 aromatic rings. The van der Waals surface area contributed by atoms with Crippen LogP contribution in [0.5, 0.6) is 0 Å². The molecule has 94 valence electrons. The van der Waals surface area contributed by atoms with Crippen LogP contribution in [0.3, 0.4) is 0 Å². The number of pyridine rings is 1. The van der Waals surface area contributed by atoms with Crippen LogP contribution in [0, 0.1) is 0 Å². The molecule has 19 heavy (non-hydrogen) atoms. The van der Waals surface area contributed by atoms with Crippen LogP contribution in [0.25, 0.3) is 11.1 Å². The van der Waals surface area contributed by atoms with E-state index in [1.807, 2.05) is 6.07 Å². The molecule has 5 nitrogen and oxygen atoms in total. The Morgan fingerprint density at radius 3 is 2.95 bits per heavy atom. The van der Waals surface area contributed by atoms with E-state index in [0.29, 0.717) is 12.2 Å². The average molecular weight is 254 g/mol. The summed E-state index contributed by atoms with van der Waals surface area (Å²) in [5.74, 6) is -1.16. The minimum absolute atomic E-state index is 0.189. The molecule has 3 rings (SSSR count). The lowest BCUT2D eigenvalue weighted by molar-refractivity contribution is 0.0696. The zero-order chi connectivity index (χ0) is 13.4. The van der Waals surface area contributed by atoms with Crippen molar-refractivity contribution in [3.05, 3.63) is 53.3 Å². The highest BCUT2D eigenvalue weighted by atomic mass is 16.4. The van der Waals surface area contributed by atoms with Crippen molar-refractivity contribution in [2.45, 2.75) is 6.54 Å². The van der Waals surface area contributed by atoms with Gasteiger partial charge in [-0.1, -0.05) is 12.1 Å². The van der Waals surface area contributed by atoms with Gasteiger partial charge in [-0.2, -0.15) is 0 Å². The molecule has 0 atom stereocenters. The highest BCUT2D eigenvalue weighted by molar-refractivity contribution is 5.99. The Hall–Kier alpha value is -2.69. The minimum Gasteiger partial charge on any atom is -0.478 e. The summed E-state index contributed by atoms with van der Waals surface area (Å²) in [6.07, 6.45) is 1.56. The van der Waals surface area contributed by atoms with Crippen LogP contribution in [0.2, 0.25) is 0 Å². The van der Waals surface area contributed by atoms with E-state index < -0.39 is 5.97 Å². The summed E-state index contributed by atoms with van der Waals surface area (Å²) in [6, 6.07) is 8.44. The first-order valence-electron chi connectivity index (χ1n) is 5.76. The van der Waals surface area contributed by atoms with E-state index in [0.717, 1.165) is 16.7 Å². The average Bonchev–Trinajstić information content (AvgIpc) is 2.81. The Kier molecular flexibility index (Phi) is 2.52. The van der Waals surface area contributed by atoms with Gasteiger partial charge in [0.1, 0.15) is 5.69 Å². The maximum atomic E-state index is 11.6. The van der Waals surface area contributed by atoms with E-state index in [1.165, 1.54) is 6.07 Å². The lowest BCUT2D eigenvalue weighted by Gasteiger charge is -2.07. The summed E-state index contributed by atoms with van der Waals surface area (Å²) in [4.78, 5) is 26.6. The van der Waals surface area contributed by atoms with Crippen LogP contribution in [-0.2, 0) is 6.54 Å². The van der Waals surface area contributed by atoms with Crippen molar-refractivity contribution in [2.75, 3.05) is 0 Å². The van der Waals surface area contributed by atoms with Crippen molar-refractivity contribution in [3.8, 4) is 11.1 Å². The fourth-order valence-electron chi connectivity index (χ4n) is 2.21. The number of aromatic carboxylic acids is 1.